The third-order valence-electron chi connectivity index (χ3n) is 2.80. The Kier molecular flexibility index (Phi) is 5.56. The van der Waals surface area contributed by atoms with Gasteiger partial charge in [0.15, 0.2) is 0 Å². The van der Waals surface area contributed by atoms with Gasteiger partial charge in [0.2, 0.25) is 0 Å². The van der Waals surface area contributed by atoms with Crippen molar-refractivity contribution in [3.05, 3.63) is 45.9 Å². The molecule has 1 heterocycles. The van der Waals surface area contributed by atoms with Gasteiger partial charge in [0.25, 0.3) is 5.91 Å². The molecule has 9 heteroatoms. The maximum atomic E-state index is 12.8. The van der Waals surface area contributed by atoms with Gasteiger partial charge in [0, 0.05) is 11.9 Å². The van der Waals surface area contributed by atoms with Crippen LogP contribution in [-0.4, -0.2) is 24.0 Å². The standard InChI is InChI=1S/C14H14F3N3O2S/c15-14(16,17)9-3-1-2-4-11(9)22-6-5-19-13(21)10-8-23-12(7-18)20-10/h1-4,8H,5-7,18H2,(H,19,21). The Labute approximate surface area is 134 Å². The summed E-state index contributed by atoms with van der Waals surface area (Å²) in [5.41, 5.74) is 4.78. The van der Waals surface area contributed by atoms with Crippen molar-refractivity contribution in [2.45, 2.75) is 12.7 Å². The lowest BCUT2D eigenvalue weighted by Gasteiger charge is -2.13. The van der Waals surface area contributed by atoms with Gasteiger partial charge in [-0.3, -0.25) is 4.79 Å². The van der Waals surface area contributed by atoms with E-state index in [1.807, 2.05) is 0 Å². The van der Waals surface area contributed by atoms with E-state index in [1.54, 1.807) is 5.38 Å². The second kappa shape index (κ2) is 7.42. The molecule has 0 saturated heterocycles. The molecular weight excluding hydrogens is 331 g/mol. The van der Waals surface area contributed by atoms with Gasteiger partial charge in [-0.1, -0.05) is 12.1 Å². The average molecular weight is 345 g/mol. The minimum atomic E-state index is -4.49. The Hall–Kier alpha value is -2.13. The lowest BCUT2D eigenvalue weighted by molar-refractivity contribution is -0.138. The zero-order chi connectivity index (χ0) is 16.9. The molecule has 0 saturated carbocycles. The molecule has 0 atom stereocenters. The number of ether oxygens (including phenoxy) is 1. The first-order valence-electron chi connectivity index (χ1n) is 6.63. The van der Waals surface area contributed by atoms with Crippen LogP contribution >= 0.6 is 11.3 Å². The van der Waals surface area contributed by atoms with Crippen LogP contribution in [0.2, 0.25) is 0 Å². The fourth-order valence-electron chi connectivity index (χ4n) is 1.75. The minimum Gasteiger partial charge on any atom is -0.491 e. The normalized spacial score (nSPS) is 11.3. The van der Waals surface area contributed by atoms with Gasteiger partial charge in [0.05, 0.1) is 12.1 Å². The maximum absolute atomic E-state index is 12.8. The molecule has 0 bridgehead atoms. The van der Waals surface area contributed by atoms with Gasteiger partial charge in [-0.2, -0.15) is 13.2 Å². The monoisotopic (exact) mass is 345 g/mol. The Morgan fingerprint density at radius 2 is 2.09 bits per heavy atom. The molecule has 3 N–H and O–H groups in total. The number of benzene rings is 1. The van der Waals surface area contributed by atoms with Gasteiger partial charge in [-0.15, -0.1) is 11.3 Å². The highest BCUT2D eigenvalue weighted by Crippen LogP contribution is 2.35. The molecule has 0 aliphatic rings. The Balaban J connectivity index is 1.85. The number of halogens is 3. The number of thiazole rings is 1. The summed E-state index contributed by atoms with van der Waals surface area (Å²) < 4.78 is 43.4. The smallest absolute Gasteiger partial charge is 0.419 e. The van der Waals surface area contributed by atoms with E-state index in [9.17, 15) is 18.0 Å². The maximum Gasteiger partial charge on any atom is 0.419 e. The van der Waals surface area contributed by atoms with Crippen molar-refractivity contribution < 1.29 is 22.7 Å². The highest BCUT2D eigenvalue weighted by Gasteiger charge is 2.33. The molecular formula is C14H14F3N3O2S. The molecule has 0 aliphatic heterocycles. The summed E-state index contributed by atoms with van der Waals surface area (Å²) in [7, 11) is 0. The number of alkyl halides is 3. The Morgan fingerprint density at radius 1 is 1.35 bits per heavy atom. The van der Waals surface area contributed by atoms with E-state index >= 15 is 0 Å². The molecule has 23 heavy (non-hydrogen) atoms. The van der Waals surface area contributed by atoms with Gasteiger partial charge in [0.1, 0.15) is 23.1 Å². The minimum absolute atomic E-state index is 0.0561. The van der Waals surface area contributed by atoms with Crippen LogP contribution in [0.4, 0.5) is 13.2 Å². The average Bonchev–Trinajstić information content (AvgIpc) is 3.00. The topological polar surface area (TPSA) is 77.2 Å². The number of rotatable bonds is 6. The lowest BCUT2D eigenvalue weighted by Crippen LogP contribution is -2.28. The van der Waals surface area contributed by atoms with Gasteiger partial charge in [-0.25, -0.2) is 4.98 Å². The number of nitrogens with two attached hydrogens (primary N) is 1. The van der Waals surface area contributed by atoms with Gasteiger partial charge < -0.3 is 15.8 Å². The van der Waals surface area contributed by atoms with Crippen LogP contribution < -0.4 is 15.8 Å². The molecule has 0 unspecified atom stereocenters. The molecule has 0 fully saturated rings. The number of aromatic nitrogens is 1. The number of nitrogens with one attached hydrogen (secondary N) is 1. The zero-order valence-corrected chi connectivity index (χ0v) is 12.7. The van der Waals surface area contributed by atoms with E-state index < -0.39 is 17.6 Å². The number of amides is 1. The number of carbonyl (C=O) groups excluding carboxylic acids is 1. The van der Waals surface area contributed by atoms with Crippen LogP contribution in [0.1, 0.15) is 21.1 Å². The molecule has 1 aromatic carbocycles. The van der Waals surface area contributed by atoms with Crippen LogP contribution in [0.5, 0.6) is 5.75 Å². The third kappa shape index (κ3) is 4.67. The first-order chi connectivity index (χ1) is 10.9. The summed E-state index contributed by atoms with van der Waals surface area (Å²) in [5.74, 6) is -0.693. The second-order valence-electron chi connectivity index (χ2n) is 4.43. The van der Waals surface area contributed by atoms with Crippen molar-refractivity contribution in [2.75, 3.05) is 13.2 Å². The number of carbonyl (C=O) groups is 1. The molecule has 2 rings (SSSR count). The summed E-state index contributed by atoms with van der Waals surface area (Å²) in [6, 6.07) is 4.91. The predicted octanol–water partition coefficient (Wildman–Crippen LogP) is 2.43. The van der Waals surface area contributed by atoms with Crippen LogP contribution in [0.15, 0.2) is 29.6 Å². The van der Waals surface area contributed by atoms with Crippen molar-refractivity contribution in [3.63, 3.8) is 0 Å². The summed E-state index contributed by atoms with van der Waals surface area (Å²) in [5, 5.41) is 4.72. The first kappa shape index (κ1) is 17.2. The molecule has 1 aromatic heterocycles. The van der Waals surface area contributed by atoms with Crippen molar-refractivity contribution in [1.29, 1.82) is 0 Å². The van der Waals surface area contributed by atoms with Gasteiger partial charge in [-0.05, 0) is 12.1 Å². The number of para-hydroxylation sites is 1. The predicted molar refractivity (Wildman–Crippen MR) is 79.3 cm³/mol. The SMILES string of the molecule is NCc1nc(C(=O)NCCOc2ccccc2C(F)(F)F)cs1. The quantitative estimate of drug-likeness (QED) is 0.789. The van der Waals surface area contributed by atoms with E-state index in [0.29, 0.717) is 5.01 Å². The number of nitrogens with zero attached hydrogens (tertiary/aromatic N) is 1. The molecule has 5 nitrogen and oxygen atoms in total. The summed E-state index contributed by atoms with van der Waals surface area (Å²) in [6.07, 6.45) is -4.49. The summed E-state index contributed by atoms with van der Waals surface area (Å²) in [6.45, 7) is 0.211. The van der Waals surface area contributed by atoms with Crippen molar-refractivity contribution in [3.8, 4) is 5.75 Å². The van der Waals surface area contributed by atoms with Gasteiger partial charge >= 0.3 is 6.18 Å². The lowest BCUT2D eigenvalue weighted by atomic mass is 10.2. The molecule has 0 aliphatic carbocycles. The van der Waals surface area contributed by atoms with Crippen molar-refractivity contribution in [1.82, 2.24) is 10.3 Å². The van der Waals surface area contributed by atoms with Crippen LogP contribution in [0.3, 0.4) is 0 Å². The molecule has 0 radical (unpaired) electrons. The van der Waals surface area contributed by atoms with Crippen LogP contribution in [0.25, 0.3) is 0 Å². The largest absolute Gasteiger partial charge is 0.491 e. The molecule has 0 spiro atoms. The second-order valence-corrected chi connectivity index (χ2v) is 5.37. The van der Waals surface area contributed by atoms with Crippen LogP contribution in [-0.2, 0) is 12.7 Å². The summed E-state index contributed by atoms with van der Waals surface area (Å²) >= 11 is 1.27. The highest BCUT2D eigenvalue weighted by atomic mass is 32.1. The van der Waals surface area contributed by atoms with E-state index in [1.165, 1.54) is 29.5 Å². The van der Waals surface area contributed by atoms with Crippen LogP contribution in [0, 0.1) is 0 Å². The fraction of sp³-hybridized carbons (Fsp3) is 0.286. The van der Waals surface area contributed by atoms with E-state index in [0.717, 1.165) is 6.07 Å². The van der Waals surface area contributed by atoms with E-state index in [4.69, 9.17) is 10.5 Å². The molecule has 1 amide bonds. The van der Waals surface area contributed by atoms with E-state index in [-0.39, 0.29) is 31.1 Å². The zero-order valence-electron chi connectivity index (χ0n) is 11.9. The highest BCUT2D eigenvalue weighted by molar-refractivity contribution is 7.09. The molecule has 124 valence electrons. The number of hydrogen-bond donors (Lipinski definition) is 2. The first-order valence-corrected chi connectivity index (χ1v) is 7.51. The Morgan fingerprint density at radius 3 is 2.74 bits per heavy atom. The third-order valence-corrected chi connectivity index (χ3v) is 3.67. The summed E-state index contributed by atoms with van der Waals surface area (Å²) in [4.78, 5) is 15.8. The number of hydrogen-bond acceptors (Lipinski definition) is 5. The molecule has 2 aromatic rings. The van der Waals surface area contributed by atoms with Crippen molar-refractivity contribution >= 4 is 17.2 Å². The van der Waals surface area contributed by atoms with Crippen molar-refractivity contribution in [2.24, 2.45) is 5.73 Å². The van der Waals surface area contributed by atoms with E-state index in [2.05, 4.69) is 10.3 Å². The Bertz CT molecular complexity index is 673. The fourth-order valence-corrected chi connectivity index (χ4v) is 2.41.